The summed E-state index contributed by atoms with van der Waals surface area (Å²) in [7, 11) is 0. The van der Waals surface area contributed by atoms with Crippen LogP contribution in [-0.4, -0.2) is 32.8 Å². The Labute approximate surface area is 163 Å². The standard InChI is InChI=1S/C20H21ClN4O2/c1-20(2,27-18-7-5-17(21)6-8-18)19(26)23-10-11-25-14-16(13-24-25)15-4-3-9-22-12-15/h3-9,12-14H,10-11H2,1-2H3,(H,23,26). The number of nitrogens with zero attached hydrogens (tertiary/aromatic N) is 3. The molecule has 0 radical (unpaired) electrons. The van der Waals surface area contributed by atoms with Gasteiger partial charge in [-0.15, -0.1) is 0 Å². The number of pyridine rings is 1. The molecule has 0 aliphatic carbocycles. The summed E-state index contributed by atoms with van der Waals surface area (Å²) < 4.78 is 7.57. The van der Waals surface area contributed by atoms with Gasteiger partial charge in [-0.25, -0.2) is 0 Å². The van der Waals surface area contributed by atoms with Crippen molar-refractivity contribution >= 4 is 17.5 Å². The zero-order valence-electron chi connectivity index (χ0n) is 15.2. The fourth-order valence-corrected chi connectivity index (χ4v) is 2.63. The number of nitrogens with one attached hydrogen (secondary N) is 1. The summed E-state index contributed by atoms with van der Waals surface area (Å²) in [5.74, 6) is 0.393. The van der Waals surface area contributed by atoms with Gasteiger partial charge in [0.25, 0.3) is 5.91 Å². The van der Waals surface area contributed by atoms with E-state index >= 15 is 0 Å². The molecule has 1 amide bonds. The zero-order chi connectivity index (χ0) is 19.3. The third-order valence-electron chi connectivity index (χ3n) is 3.99. The first kappa shape index (κ1) is 18.9. The monoisotopic (exact) mass is 384 g/mol. The summed E-state index contributed by atoms with van der Waals surface area (Å²) in [5, 5.41) is 7.83. The number of hydrogen-bond acceptors (Lipinski definition) is 4. The molecule has 2 aromatic heterocycles. The van der Waals surface area contributed by atoms with E-state index in [4.69, 9.17) is 16.3 Å². The van der Waals surface area contributed by atoms with E-state index < -0.39 is 5.60 Å². The fourth-order valence-electron chi connectivity index (χ4n) is 2.51. The highest BCUT2D eigenvalue weighted by Crippen LogP contribution is 2.21. The van der Waals surface area contributed by atoms with E-state index in [-0.39, 0.29) is 5.91 Å². The molecule has 0 atom stereocenters. The number of hydrogen-bond donors (Lipinski definition) is 1. The highest BCUT2D eigenvalue weighted by Gasteiger charge is 2.29. The Hall–Kier alpha value is -2.86. The van der Waals surface area contributed by atoms with Crippen LogP contribution < -0.4 is 10.1 Å². The summed E-state index contributed by atoms with van der Waals surface area (Å²) in [5.41, 5.74) is 0.991. The van der Waals surface area contributed by atoms with Gasteiger partial charge in [-0.3, -0.25) is 14.5 Å². The van der Waals surface area contributed by atoms with Gasteiger partial charge in [0.1, 0.15) is 5.75 Å². The smallest absolute Gasteiger partial charge is 0.263 e. The SMILES string of the molecule is CC(C)(Oc1ccc(Cl)cc1)C(=O)NCCn1cc(-c2cccnc2)cn1. The third kappa shape index (κ3) is 5.08. The van der Waals surface area contributed by atoms with Gasteiger partial charge in [0.05, 0.1) is 12.7 Å². The molecule has 27 heavy (non-hydrogen) atoms. The first-order chi connectivity index (χ1) is 12.9. The van der Waals surface area contributed by atoms with Crippen molar-refractivity contribution in [3.63, 3.8) is 0 Å². The van der Waals surface area contributed by atoms with Crippen LogP contribution in [-0.2, 0) is 11.3 Å². The van der Waals surface area contributed by atoms with Crippen LogP contribution in [0.25, 0.3) is 11.1 Å². The van der Waals surface area contributed by atoms with Crippen molar-refractivity contribution in [3.8, 4) is 16.9 Å². The summed E-state index contributed by atoms with van der Waals surface area (Å²) in [6, 6.07) is 10.8. The lowest BCUT2D eigenvalue weighted by Crippen LogP contribution is -2.47. The molecule has 0 fully saturated rings. The second-order valence-corrected chi connectivity index (χ2v) is 6.99. The van der Waals surface area contributed by atoms with Gasteiger partial charge in [-0.2, -0.15) is 5.10 Å². The van der Waals surface area contributed by atoms with Crippen LogP contribution in [0.15, 0.2) is 61.2 Å². The number of rotatable bonds is 7. The molecular formula is C20H21ClN4O2. The second kappa shape index (κ2) is 8.22. The van der Waals surface area contributed by atoms with E-state index in [2.05, 4.69) is 15.4 Å². The highest BCUT2D eigenvalue weighted by molar-refractivity contribution is 6.30. The Bertz CT molecular complexity index is 892. The quantitative estimate of drug-likeness (QED) is 0.676. The maximum absolute atomic E-state index is 12.5. The van der Waals surface area contributed by atoms with Crippen LogP contribution in [0.1, 0.15) is 13.8 Å². The number of benzene rings is 1. The molecule has 0 spiro atoms. The molecule has 0 saturated heterocycles. The minimum Gasteiger partial charge on any atom is -0.478 e. The van der Waals surface area contributed by atoms with Crippen LogP contribution in [0.2, 0.25) is 5.02 Å². The van der Waals surface area contributed by atoms with E-state index in [9.17, 15) is 4.79 Å². The molecule has 7 heteroatoms. The first-order valence-electron chi connectivity index (χ1n) is 8.60. The molecule has 1 N–H and O–H groups in total. The van der Waals surface area contributed by atoms with Crippen LogP contribution >= 0.6 is 11.6 Å². The zero-order valence-corrected chi connectivity index (χ0v) is 16.0. The van der Waals surface area contributed by atoms with Gasteiger partial charge < -0.3 is 10.1 Å². The summed E-state index contributed by atoms with van der Waals surface area (Å²) in [6.45, 7) is 4.46. The Morgan fingerprint density at radius 3 is 2.67 bits per heavy atom. The molecule has 0 saturated carbocycles. The minimum absolute atomic E-state index is 0.197. The fraction of sp³-hybridized carbons (Fsp3) is 0.250. The van der Waals surface area contributed by atoms with Crippen molar-refractivity contribution < 1.29 is 9.53 Å². The summed E-state index contributed by atoms with van der Waals surface area (Å²) in [4.78, 5) is 16.6. The van der Waals surface area contributed by atoms with E-state index in [0.29, 0.717) is 23.9 Å². The Morgan fingerprint density at radius 1 is 1.19 bits per heavy atom. The Balaban J connectivity index is 1.51. The lowest BCUT2D eigenvalue weighted by atomic mass is 10.1. The molecule has 0 aliphatic heterocycles. The van der Waals surface area contributed by atoms with Crippen molar-refractivity contribution in [2.45, 2.75) is 26.0 Å². The van der Waals surface area contributed by atoms with E-state index in [1.54, 1.807) is 61.4 Å². The molecule has 3 rings (SSSR count). The van der Waals surface area contributed by atoms with Gasteiger partial charge in [-0.1, -0.05) is 17.7 Å². The van der Waals surface area contributed by atoms with E-state index in [1.807, 2.05) is 18.3 Å². The number of halogens is 1. The van der Waals surface area contributed by atoms with Gasteiger partial charge in [-0.05, 0) is 44.2 Å². The molecule has 0 aliphatic rings. The number of aromatic nitrogens is 3. The highest BCUT2D eigenvalue weighted by atomic mass is 35.5. The van der Waals surface area contributed by atoms with Crippen molar-refractivity contribution in [1.82, 2.24) is 20.1 Å². The molecule has 140 valence electrons. The van der Waals surface area contributed by atoms with E-state index in [1.165, 1.54) is 0 Å². The summed E-state index contributed by atoms with van der Waals surface area (Å²) in [6.07, 6.45) is 7.24. The second-order valence-electron chi connectivity index (χ2n) is 6.56. The van der Waals surface area contributed by atoms with Crippen LogP contribution in [0.3, 0.4) is 0 Å². The number of ether oxygens (including phenoxy) is 1. The molecule has 6 nitrogen and oxygen atoms in total. The summed E-state index contributed by atoms with van der Waals surface area (Å²) >= 11 is 5.87. The van der Waals surface area contributed by atoms with Gasteiger partial charge in [0.15, 0.2) is 5.60 Å². The molecular weight excluding hydrogens is 364 g/mol. The van der Waals surface area contributed by atoms with E-state index in [0.717, 1.165) is 11.1 Å². The predicted octanol–water partition coefficient (Wildman–Crippen LogP) is 3.57. The van der Waals surface area contributed by atoms with Crippen molar-refractivity contribution in [3.05, 3.63) is 66.2 Å². The Kier molecular flexibility index (Phi) is 5.76. The Morgan fingerprint density at radius 2 is 1.96 bits per heavy atom. The molecule has 3 aromatic rings. The minimum atomic E-state index is -1.00. The van der Waals surface area contributed by atoms with Crippen molar-refractivity contribution in [2.24, 2.45) is 0 Å². The number of amides is 1. The maximum Gasteiger partial charge on any atom is 0.263 e. The van der Waals surface area contributed by atoms with Gasteiger partial charge in [0.2, 0.25) is 0 Å². The maximum atomic E-state index is 12.5. The van der Waals surface area contributed by atoms with Crippen molar-refractivity contribution in [1.29, 1.82) is 0 Å². The third-order valence-corrected chi connectivity index (χ3v) is 4.24. The van der Waals surface area contributed by atoms with Crippen LogP contribution in [0.5, 0.6) is 5.75 Å². The molecule has 2 heterocycles. The number of carbonyl (C=O) groups is 1. The van der Waals surface area contributed by atoms with Crippen LogP contribution in [0, 0.1) is 0 Å². The lowest BCUT2D eigenvalue weighted by molar-refractivity contribution is -0.134. The van der Waals surface area contributed by atoms with Crippen molar-refractivity contribution in [2.75, 3.05) is 6.54 Å². The predicted molar refractivity (Wildman–Crippen MR) is 105 cm³/mol. The average Bonchev–Trinajstić information content (AvgIpc) is 3.13. The lowest BCUT2D eigenvalue weighted by Gasteiger charge is -2.25. The largest absolute Gasteiger partial charge is 0.478 e. The van der Waals surface area contributed by atoms with Crippen LogP contribution in [0.4, 0.5) is 0 Å². The average molecular weight is 385 g/mol. The van der Waals surface area contributed by atoms with Gasteiger partial charge in [0, 0.05) is 41.3 Å². The molecule has 0 bridgehead atoms. The molecule has 0 unspecified atom stereocenters. The van der Waals surface area contributed by atoms with Gasteiger partial charge >= 0.3 is 0 Å². The normalized spacial score (nSPS) is 11.2. The molecule has 1 aromatic carbocycles. The number of carbonyl (C=O) groups excluding carboxylic acids is 1. The topological polar surface area (TPSA) is 69.0 Å². The first-order valence-corrected chi connectivity index (χ1v) is 8.97.